The van der Waals surface area contributed by atoms with Gasteiger partial charge in [0.15, 0.2) is 10.3 Å². The monoisotopic (exact) mass is 483 g/mol. The zero-order valence-electron chi connectivity index (χ0n) is 17.0. The molecule has 3 atom stereocenters. The summed E-state index contributed by atoms with van der Waals surface area (Å²) in [4.78, 5) is 36.3. The number of phosphoric acid groups is 1. The SMILES string of the molecule is C=C(C)CN1C(=O)C(C)SC1=NN=C1SC(OP(=O)(O)OC)C(=O)N1C.NCCO. The number of hydrogen-bond acceptors (Lipinski definition) is 11. The van der Waals surface area contributed by atoms with Crippen LogP contribution in [0.15, 0.2) is 22.4 Å². The third-order valence-electron chi connectivity index (χ3n) is 3.40. The predicted molar refractivity (Wildman–Crippen MR) is 117 cm³/mol. The Morgan fingerprint density at radius 3 is 2.37 bits per heavy atom. The van der Waals surface area contributed by atoms with E-state index in [9.17, 15) is 19.0 Å². The highest BCUT2D eigenvalue weighted by Crippen LogP contribution is 2.47. The molecule has 0 spiro atoms. The van der Waals surface area contributed by atoms with Gasteiger partial charge in [-0.25, -0.2) is 4.57 Å². The number of likely N-dealkylation sites (N-methyl/N-ethyl adjacent to an activating group) is 1. The Labute approximate surface area is 183 Å². The van der Waals surface area contributed by atoms with Gasteiger partial charge in [-0.05, 0) is 25.6 Å². The number of thioether (sulfide) groups is 2. The minimum atomic E-state index is -4.32. The number of amidine groups is 2. The average molecular weight is 484 g/mol. The summed E-state index contributed by atoms with van der Waals surface area (Å²) in [6, 6.07) is 0. The van der Waals surface area contributed by atoms with E-state index in [4.69, 9.17) is 15.4 Å². The number of amides is 2. The molecular weight excluding hydrogens is 457 g/mol. The number of hydrogen-bond donors (Lipinski definition) is 3. The molecule has 12 nitrogen and oxygen atoms in total. The van der Waals surface area contributed by atoms with Crippen LogP contribution in [0, 0.1) is 0 Å². The molecule has 4 N–H and O–H groups in total. The van der Waals surface area contributed by atoms with Crippen molar-refractivity contribution in [3.05, 3.63) is 12.2 Å². The number of nitrogens with two attached hydrogens (primary N) is 1. The van der Waals surface area contributed by atoms with Crippen LogP contribution in [0.3, 0.4) is 0 Å². The fraction of sp³-hybridized carbons (Fsp3) is 0.600. The quantitative estimate of drug-likeness (QED) is 0.262. The Hall–Kier alpha value is -1.25. The Morgan fingerprint density at radius 1 is 1.30 bits per heavy atom. The van der Waals surface area contributed by atoms with Gasteiger partial charge in [-0.15, -0.1) is 10.2 Å². The highest BCUT2D eigenvalue weighted by atomic mass is 32.2. The fourth-order valence-corrected chi connectivity index (χ4v) is 4.58. The zero-order chi connectivity index (χ0) is 23.1. The van der Waals surface area contributed by atoms with Gasteiger partial charge in [0.25, 0.3) is 5.91 Å². The summed E-state index contributed by atoms with van der Waals surface area (Å²) in [6.07, 6.45) is 0. The summed E-state index contributed by atoms with van der Waals surface area (Å²) in [7, 11) is -1.88. The van der Waals surface area contributed by atoms with Gasteiger partial charge in [0.05, 0.1) is 11.9 Å². The van der Waals surface area contributed by atoms with E-state index in [2.05, 4.69) is 21.3 Å². The molecule has 0 radical (unpaired) electrons. The molecule has 0 aromatic carbocycles. The second-order valence-electron chi connectivity index (χ2n) is 6.02. The highest BCUT2D eigenvalue weighted by molar-refractivity contribution is 8.16. The van der Waals surface area contributed by atoms with Crippen molar-refractivity contribution in [3.8, 4) is 0 Å². The molecular formula is C15H26N5O7PS2. The first-order valence-electron chi connectivity index (χ1n) is 8.57. The van der Waals surface area contributed by atoms with E-state index in [1.807, 2.05) is 0 Å². The molecule has 2 heterocycles. The smallest absolute Gasteiger partial charge is 0.395 e. The van der Waals surface area contributed by atoms with Gasteiger partial charge in [0.2, 0.25) is 11.3 Å². The Balaban J connectivity index is 0.00000103. The molecule has 0 aromatic heterocycles. The van der Waals surface area contributed by atoms with Crippen LogP contribution in [-0.4, -0.2) is 86.5 Å². The van der Waals surface area contributed by atoms with E-state index in [0.29, 0.717) is 18.3 Å². The molecule has 2 aliphatic heterocycles. The molecule has 0 saturated carbocycles. The van der Waals surface area contributed by atoms with Crippen LogP contribution in [-0.2, 0) is 23.2 Å². The van der Waals surface area contributed by atoms with E-state index in [1.165, 1.54) is 23.7 Å². The summed E-state index contributed by atoms with van der Waals surface area (Å²) < 4.78 is 20.6. The van der Waals surface area contributed by atoms with Crippen LogP contribution in [0.2, 0.25) is 0 Å². The molecule has 0 bridgehead atoms. The summed E-state index contributed by atoms with van der Waals surface area (Å²) in [5.41, 5.74) is 4.31. The maximum absolute atomic E-state index is 12.2. The van der Waals surface area contributed by atoms with Gasteiger partial charge in [-0.1, -0.05) is 23.9 Å². The van der Waals surface area contributed by atoms with Crippen molar-refractivity contribution in [2.45, 2.75) is 24.5 Å². The Bertz CT molecular complexity index is 776. The Kier molecular flexibility index (Phi) is 10.7. The fourth-order valence-electron chi connectivity index (χ4n) is 1.96. The average Bonchev–Trinajstić information content (AvgIpc) is 3.10. The third-order valence-corrected chi connectivity index (χ3v) is 6.62. The van der Waals surface area contributed by atoms with Crippen LogP contribution < -0.4 is 5.73 Å². The molecule has 3 unspecified atom stereocenters. The summed E-state index contributed by atoms with van der Waals surface area (Å²) in [5, 5.41) is 16.1. The van der Waals surface area contributed by atoms with Crippen LogP contribution in [0.25, 0.3) is 0 Å². The predicted octanol–water partition coefficient (Wildman–Crippen LogP) is 0.386. The number of nitrogens with zero attached hydrogens (tertiary/aromatic N) is 4. The van der Waals surface area contributed by atoms with Crippen molar-refractivity contribution in [2.75, 3.05) is 33.9 Å². The first-order chi connectivity index (χ1) is 14.0. The van der Waals surface area contributed by atoms with Gasteiger partial charge in [-0.2, -0.15) is 0 Å². The molecule has 15 heteroatoms. The maximum Gasteiger partial charge on any atom is 0.473 e. The van der Waals surface area contributed by atoms with E-state index in [1.54, 1.807) is 13.8 Å². The Morgan fingerprint density at radius 2 is 1.87 bits per heavy atom. The van der Waals surface area contributed by atoms with Crippen molar-refractivity contribution in [1.82, 2.24) is 9.80 Å². The van der Waals surface area contributed by atoms with Crippen LogP contribution >= 0.6 is 31.3 Å². The second kappa shape index (κ2) is 12.0. The molecule has 2 rings (SSSR count). The molecule has 30 heavy (non-hydrogen) atoms. The summed E-state index contributed by atoms with van der Waals surface area (Å²) >= 11 is 2.08. The van der Waals surface area contributed by atoms with E-state index in [-0.39, 0.29) is 22.9 Å². The largest absolute Gasteiger partial charge is 0.473 e. The molecule has 2 saturated heterocycles. The van der Waals surface area contributed by atoms with Crippen molar-refractivity contribution < 1.29 is 33.2 Å². The summed E-state index contributed by atoms with van der Waals surface area (Å²) in [5.74, 6) is -0.662. The first kappa shape index (κ1) is 26.8. The van der Waals surface area contributed by atoms with Crippen molar-refractivity contribution in [1.29, 1.82) is 0 Å². The lowest BCUT2D eigenvalue weighted by molar-refractivity contribution is -0.129. The normalized spacial score (nSPS) is 26.2. The number of phosphoric ester groups is 1. The topological polar surface area (TPSA) is 167 Å². The number of carbonyl (C=O) groups excluding carboxylic acids is 2. The van der Waals surface area contributed by atoms with Gasteiger partial charge >= 0.3 is 7.82 Å². The van der Waals surface area contributed by atoms with E-state index in [0.717, 1.165) is 29.3 Å². The molecule has 2 aliphatic rings. The lowest BCUT2D eigenvalue weighted by Crippen LogP contribution is -2.32. The van der Waals surface area contributed by atoms with E-state index >= 15 is 0 Å². The number of aliphatic hydroxyl groups excluding tert-OH is 1. The molecule has 2 amide bonds. The molecule has 2 fully saturated rings. The number of rotatable bonds is 7. The number of aliphatic hydroxyl groups is 1. The van der Waals surface area contributed by atoms with Crippen molar-refractivity contribution >= 4 is 53.5 Å². The lowest BCUT2D eigenvalue weighted by atomic mass is 10.3. The van der Waals surface area contributed by atoms with Crippen LogP contribution in [0.1, 0.15) is 13.8 Å². The molecule has 0 aromatic rings. The van der Waals surface area contributed by atoms with Gasteiger partial charge < -0.3 is 15.7 Å². The maximum atomic E-state index is 12.2. The highest BCUT2D eigenvalue weighted by Gasteiger charge is 2.42. The summed E-state index contributed by atoms with van der Waals surface area (Å²) in [6.45, 7) is 8.16. The standard InChI is InChI=1S/C13H19N4O6PS2.C2H7NO/c1-7(2)6-17-9(18)8(3)25-13(17)15-14-12-16(4)10(19)11(26-12)23-24(20,21)22-5;3-1-2-4/h8,11H,1,6H2,2-5H3,(H,20,21);4H,1-3H2. The second-order valence-corrected chi connectivity index (χ2v) is 9.87. The third kappa shape index (κ3) is 7.46. The van der Waals surface area contributed by atoms with Gasteiger partial charge in [0, 0.05) is 27.2 Å². The number of carbonyl (C=O) groups is 2. The van der Waals surface area contributed by atoms with Crippen molar-refractivity contribution in [2.24, 2.45) is 15.9 Å². The zero-order valence-corrected chi connectivity index (χ0v) is 19.6. The van der Waals surface area contributed by atoms with Crippen LogP contribution in [0.5, 0.6) is 0 Å². The first-order valence-corrected chi connectivity index (χ1v) is 11.8. The van der Waals surface area contributed by atoms with Gasteiger partial charge in [0.1, 0.15) is 0 Å². The minimum absolute atomic E-state index is 0.0945. The van der Waals surface area contributed by atoms with Crippen LogP contribution in [0.4, 0.5) is 0 Å². The van der Waals surface area contributed by atoms with Crippen molar-refractivity contribution in [3.63, 3.8) is 0 Å². The lowest BCUT2D eigenvalue weighted by Gasteiger charge is -2.15. The van der Waals surface area contributed by atoms with Gasteiger partial charge in [-0.3, -0.25) is 28.4 Å². The molecule has 170 valence electrons. The van der Waals surface area contributed by atoms with E-state index < -0.39 is 19.2 Å². The minimum Gasteiger partial charge on any atom is -0.395 e. The molecule has 0 aliphatic carbocycles.